The molecule has 88 valence electrons. The zero-order valence-corrected chi connectivity index (χ0v) is 9.76. The van der Waals surface area contributed by atoms with E-state index in [2.05, 4.69) is 4.98 Å². The van der Waals surface area contributed by atoms with Crippen LogP contribution in [0.5, 0.6) is 0 Å². The third kappa shape index (κ3) is 3.98. The van der Waals surface area contributed by atoms with Crippen LogP contribution in [-0.2, 0) is 4.79 Å². The quantitative estimate of drug-likeness (QED) is 0.818. The lowest BCUT2D eigenvalue weighted by Gasteiger charge is -2.16. The Balaban J connectivity index is 2.31. The largest absolute Gasteiger partial charge is 0.388 e. The van der Waals surface area contributed by atoms with Crippen molar-refractivity contribution in [2.45, 2.75) is 25.9 Å². The van der Waals surface area contributed by atoms with Crippen LogP contribution in [0.4, 0.5) is 0 Å². The zero-order chi connectivity index (χ0) is 12.0. The molecule has 0 fully saturated rings. The van der Waals surface area contributed by atoms with Gasteiger partial charge in [-0.15, -0.1) is 0 Å². The zero-order valence-electron chi connectivity index (χ0n) is 9.76. The number of carbonyl (C=O) groups excluding carboxylic acids is 1. The van der Waals surface area contributed by atoms with Gasteiger partial charge >= 0.3 is 0 Å². The van der Waals surface area contributed by atoms with Gasteiger partial charge in [-0.25, -0.2) is 0 Å². The summed E-state index contributed by atoms with van der Waals surface area (Å²) in [6.45, 7) is 2.21. The van der Waals surface area contributed by atoms with Gasteiger partial charge in [0.25, 0.3) is 0 Å². The Morgan fingerprint density at radius 1 is 1.62 bits per heavy atom. The van der Waals surface area contributed by atoms with Gasteiger partial charge in [0.2, 0.25) is 5.91 Å². The number of amides is 1. The van der Waals surface area contributed by atoms with Crippen molar-refractivity contribution in [3.63, 3.8) is 0 Å². The van der Waals surface area contributed by atoms with E-state index in [-0.39, 0.29) is 5.91 Å². The van der Waals surface area contributed by atoms with Crippen molar-refractivity contribution in [3.8, 4) is 0 Å². The topological polar surface area (TPSA) is 53.4 Å². The molecule has 4 nitrogen and oxygen atoms in total. The van der Waals surface area contributed by atoms with E-state index in [4.69, 9.17) is 0 Å². The second-order valence-electron chi connectivity index (χ2n) is 3.88. The average molecular weight is 222 g/mol. The summed E-state index contributed by atoms with van der Waals surface area (Å²) in [5.74, 6) is 0.0517. The number of aliphatic hydroxyl groups is 1. The lowest BCUT2D eigenvalue weighted by molar-refractivity contribution is -0.127. The van der Waals surface area contributed by atoms with E-state index in [1.807, 2.05) is 6.07 Å². The second-order valence-corrected chi connectivity index (χ2v) is 3.88. The van der Waals surface area contributed by atoms with Crippen molar-refractivity contribution in [1.29, 1.82) is 0 Å². The van der Waals surface area contributed by atoms with E-state index >= 15 is 0 Å². The summed E-state index contributed by atoms with van der Waals surface area (Å²) >= 11 is 0. The van der Waals surface area contributed by atoms with Crippen molar-refractivity contribution in [1.82, 2.24) is 9.88 Å². The SMILES string of the molecule is CC(=O)N(C)CCCC(O)c1cccnc1. The molecule has 1 heterocycles. The molecule has 1 aromatic heterocycles. The van der Waals surface area contributed by atoms with Crippen LogP contribution in [0.1, 0.15) is 31.4 Å². The standard InChI is InChI=1S/C12H18N2O2/c1-10(15)14(2)8-4-6-12(16)11-5-3-7-13-9-11/h3,5,7,9,12,16H,4,6,8H2,1-2H3. The second kappa shape index (κ2) is 6.23. The lowest BCUT2D eigenvalue weighted by Crippen LogP contribution is -2.25. The Morgan fingerprint density at radius 2 is 2.38 bits per heavy atom. The third-order valence-corrected chi connectivity index (χ3v) is 2.58. The molecular weight excluding hydrogens is 204 g/mol. The van der Waals surface area contributed by atoms with E-state index in [0.717, 1.165) is 12.0 Å². The highest BCUT2D eigenvalue weighted by molar-refractivity contribution is 5.72. The van der Waals surface area contributed by atoms with Gasteiger partial charge < -0.3 is 10.0 Å². The molecule has 4 heteroatoms. The first kappa shape index (κ1) is 12.6. The lowest BCUT2D eigenvalue weighted by atomic mass is 10.1. The number of carbonyl (C=O) groups is 1. The average Bonchev–Trinajstić information content (AvgIpc) is 2.29. The molecule has 16 heavy (non-hydrogen) atoms. The molecule has 0 aromatic carbocycles. The Hall–Kier alpha value is -1.42. The number of hydrogen-bond donors (Lipinski definition) is 1. The minimum atomic E-state index is -0.492. The van der Waals surface area contributed by atoms with Crippen LogP contribution in [0, 0.1) is 0 Å². The number of rotatable bonds is 5. The summed E-state index contributed by atoms with van der Waals surface area (Å²) in [6.07, 6.45) is 4.28. The molecule has 0 saturated carbocycles. The van der Waals surface area contributed by atoms with E-state index in [1.165, 1.54) is 6.92 Å². The monoisotopic (exact) mass is 222 g/mol. The van der Waals surface area contributed by atoms with Crippen molar-refractivity contribution in [3.05, 3.63) is 30.1 Å². The van der Waals surface area contributed by atoms with Gasteiger partial charge in [0.15, 0.2) is 0 Å². The summed E-state index contributed by atoms with van der Waals surface area (Å²) in [4.78, 5) is 16.5. The van der Waals surface area contributed by atoms with Crippen LogP contribution in [-0.4, -0.2) is 34.5 Å². The molecule has 0 aliphatic carbocycles. The van der Waals surface area contributed by atoms with Crippen molar-refractivity contribution in [2.24, 2.45) is 0 Å². The normalized spacial score (nSPS) is 12.2. The molecule has 1 N–H and O–H groups in total. The Kier molecular flexibility index (Phi) is 4.92. The molecule has 0 radical (unpaired) electrons. The highest BCUT2D eigenvalue weighted by atomic mass is 16.3. The fraction of sp³-hybridized carbons (Fsp3) is 0.500. The van der Waals surface area contributed by atoms with Gasteiger partial charge in [-0.05, 0) is 24.5 Å². The smallest absolute Gasteiger partial charge is 0.219 e. The van der Waals surface area contributed by atoms with Crippen LogP contribution in [0.2, 0.25) is 0 Å². The highest BCUT2D eigenvalue weighted by Gasteiger charge is 2.08. The highest BCUT2D eigenvalue weighted by Crippen LogP contribution is 2.16. The molecule has 1 rings (SSSR count). The Morgan fingerprint density at radius 3 is 2.94 bits per heavy atom. The fourth-order valence-corrected chi connectivity index (χ4v) is 1.42. The van der Waals surface area contributed by atoms with E-state index in [0.29, 0.717) is 13.0 Å². The fourth-order valence-electron chi connectivity index (χ4n) is 1.42. The van der Waals surface area contributed by atoms with Gasteiger partial charge in [-0.2, -0.15) is 0 Å². The minimum absolute atomic E-state index is 0.0517. The van der Waals surface area contributed by atoms with Crippen molar-refractivity contribution < 1.29 is 9.90 Å². The molecular formula is C12H18N2O2. The maximum absolute atomic E-state index is 10.9. The number of aromatic nitrogens is 1. The first-order chi connectivity index (χ1) is 7.61. The number of aliphatic hydroxyl groups excluding tert-OH is 1. The number of nitrogens with zero attached hydrogens (tertiary/aromatic N) is 2. The molecule has 1 aromatic rings. The predicted molar refractivity (Wildman–Crippen MR) is 61.7 cm³/mol. The van der Waals surface area contributed by atoms with Crippen molar-refractivity contribution >= 4 is 5.91 Å². The first-order valence-electron chi connectivity index (χ1n) is 5.41. The van der Waals surface area contributed by atoms with Crippen LogP contribution >= 0.6 is 0 Å². The summed E-state index contributed by atoms with van der Waals surface area (Å²) in [5, 5.41) is 9.83. The maximum atomic E-state index is 10.9. The predicted octanol–water partition coefficient (Wildman–Crippen LogP) is 1.37. The molecule has 0 bridgehead atoms. The molecule has 0 saturated heterocycles. The van der Waals surface area contributed by atoms with Crippen molar-refractivity contribution in [2.75, 3.05) is 13.6 Å². The van der Waals surface area contributed by atoms with Gasteiger partial charge in [0, 0.05) is 32.9 Å². The summed E-state index contributed by atoms with van der Waals surface area (Å²) in [5.41, 5.74) is 0.827. The van der Waals surface area contributed by atoms with E-state index in [9.17, 15) is 9.90 Å². The summed E-state index contributed by atoms with van der Waals surface area (Å²) < 4.78 is 0. The van der Waals surface area contributed by atoms with Crippen LogP contribution < -0.4 is 0 Å². The third-order valence-electron chi connectivity index (χ3n) is 2.58. The molecule has 1 unspecified atom stereocenters. The summed E-state index contributed by atoms with van der Waals surface area (Å²) in [6, 6.07) is 3.66. The van der Waals surface area contributed by atoms with Gasteiger partial charge in [-0.3, -0.25) is 9.78 Å². The van der Waals surface area contributed by atoms with Crippen LogP contribution in [0.3, 0.4) is 0 Å². The minimum Gasteiger partial charge on any atom is -0.388 e. The molecule has 1 atom stereocenters. The Labute approximate surface area is 95.9 Å². The maximum Gasteiger partial charge on any atom is 0.219 e. The molecule has 0 spiro atoms. The number of pyridine rings is 1. The number of hydrogen-bond acceptors (Lipinski definition) is 3. The van der Waals surface area contributed by atoms with Crippen LogP contribution in [0.25, 0.3) is 0 Å². The molecule has 0 aliphatic heterocycles. The van der Waals surface area contributed by atoms with Gasteiger partial charge in [-0.1, -0.05) is 6.07 Å². The van der Waals surface area contributed by atoms with Gasteiger partial charge in [0.1, 0.15) is 0 Å². The van der Waals surface area contributed by atoms with Gasteiger partial charge in [0.05, 0.1) is 6.10 Å². The van der Waals surface area contributed by atoms with E-state index in [1.54, 1.807) is 30.4 Å². The molecule has 1 amide bonds. The van der Waals surface area contributed by atoms with E-state index < -0.39 is 6.10 Å². The first-order valence-corrected chi connectivity index (χ1v) is 5.41. The Bertz CT molecular complexity index is 327. The summed E-state index contributed by atoms with van der Waals surface area (Å²) in [7, 11) is 1.76. The molecule has 0 aliphatic rings. The van der Waals surface area contributed by atoms with Crippen LogP contribution in [0.15, 0.2) is 24.5 Å².